The van der Waals surface area contributed by atoms with E-state index in [1.165, 1.54) is 0 Å². The van der Waals surface area contributed by atoms with Crippen molar-refractivity contribution >= 4 is 23.1 Å². The summed E-state index contributed by atoms with van der Waals surface area (Å²) in [6, 6.07) is 0.958. The number of carbonyl (C=O) groups is 1. The predicted molar refractivity (Wildman–Crippen MR) is 97.1 cm³/mol. The summed E-state index contributed by atoms with van der Waals surface area (Å²) in [7, 11) is -4.15. The van der Waals surface area contributed by atoms with E-state index in [1.54, 1.807) is 0 Å². The van der Waals surface area contributed by atoms with E-state index in [9.17, 15) is 4.79 Å². The van der Waals surface area contributed by atoms with Crippen molar-refractivity contribution in [2.45, 2.75) is 52.9 Å². The SMILES string of the molecule is CCO[Si](CCCN1CCN([Si](C)(C)C)C1=O)(OCC)OCC. The lowest BCUT2D eigenvalue weighted by Crippen LogP contribution is -2.49. The molecule has 1 aliphatic heterocycles. The van der Waals surface area contributed by atoms with Gasteiger partial charge >= 0.3 is 14.8 Å². The Hall–Kier alpha value is -0.416. The second-order valence-corrected chi connectivity index (χ2v) is 14.3. The van der Waals surface area contributed by atoms with Gasteiger partial charge in [0.25, 0.3) is 0 Å². The van der Waals surface area contributed by atoms with Gasteiger partial charge in [-0.25, -0.2) is 4.79 Å². The lowest BCUT2D eigenvalue weighted by atomic mass is 10.4. The van der Waals surface area contributed by atoms with Crippen LogP contribution in [0.15, 0.2) is 0 Å². The van der Waals surface area contributed by atoms with E-state index in [4.69, 9.17) is 13.3 Å². The third-order valence-corrected chi connectivity index (χ3v) is 9.09. The van der Waals surface area contributed by atoms with Crippen LogP contribution in [0.2, 0.25) is 25.7 Å². The van der Waals surface area contributed by atoms with Crippen molar-refractivity contribution in [3.8, 4) is 0 Å². The first-order valence-electron chi connectivity index (χ1n) is 8.78. The Morgan fingerprint density at radius 3 is 1.87 bits per heavy atom. The summed E-state index contributed by atoms with van der Waals surface area (Å²) in [5.74, 6) is 0. The smallest absolute Gasteiger partial charge is 0.374 e. The van der Waals surface area contributed by atoms with Crippen LogP contribution in [0.3, 0.4) is 0 Å². The fourth-order valence-electron chi connectivity index (χ4n) is 2.90. The van der Waals surface area contributed by atoms with Gasteiger partial charge in [0.15, 0.2) is 8.24 Å². The van der Waals surface area contributed by atoms with E-state index in [1.807, 2.05) is 25.7 Å². The van der Waals surface area contributed by atoms with Gasteiger partial charge in [-0.05, 0) is 27.2 Å². The first-order valence-corrected chi connectivity index (χ1v) is 14.2. The number of nitrogens with zero attached hydrogens (tertiary/aromatic N) is 2. The molecular weight excluding hydrogens is 328 g/mol. The number of rotatable bonds is 11. The van der Waals surface area contributed by atoms with E-state index in [2.05, 4.69) is 24.2 Å². The molecule has 1 heterocycles. The van der Waals surface area contributed by atoms with E-state index in [0.717, 1.165) is 32.1 Å². The van der Waals surface area contributed by atoms with Crippen LogP contribution in [0.25, 0.3) is 0 Å². The average Bonchev–Trinajstić information content (AvgIpc) is 2.81. The summed E-state index contributed by atoms with van der Waals surface area (Å²) in [6.45, 7) is 16.8. The summed E-state index contributed by atoms with van der Waals surface area (Å²) >= 11 is 0. The highest BCUT2D eigenvalue weighted by molar-refractivity contribution is 6.75. The van der Waals surface area contributed by atoms with Crippen molar-refractivity contribution in [1.82, 2.24) is 9.47 Å². The van der Waals surface area contributed by atoms with E-state index < -0.39 is 17.0 Å². The minimum Gasteiger partial charge on any atom is -0.374 e. The highest BCUT2D eigenvalue weighted by Gasteiger charge is 2.41. The van der Waals surface area contributed by atoms with Crippen molar-refractivity contribution in [3.05, 3.63) is 0 Å². The van der Waals surface area contributed by atoms with Crippen molar-refractivity contribution < 1.29 is 18.1 Å². The van der Waals surface area contributed by atoms with Crippen LogP contribution in [-0.2, 0) is 13.3 Å². The zero-order valence-electron chi connectivity index (χ0n) is 15.7. The van der Waals surface area contributed by atoms with Gasteiger partial charge in [-0.1, -0.05) is 19.6 Å². The third kappa shape index (κ3) is 5.86. The normalized spacial score (nSPS) is 16.5. The average molecular weight is 363 g/mol. The molecule has 0 atom stereocenters. The molecule has 0 bridgehead atoms. The molecule has 0 aromatic rings. The quantitative estimate of drug-likeness (QED) is 0.530. The highest BCUT2D eigenvalue weighted by Crippen LogP contribution is 2.21. The Kier molecular flexibility index (Phi) is 8.22. The molecular formula is C15H34N2O4Si2. The molecule has 0 saturated carbocycles. The molecule has 1 aliphatic rings. The zero-order valence-corrected chi connectivity index (χ0v) is 17.7. The standard InChI is InChI=1S/C15H34N2O4Si2/c1-7-19-23(20-8-2,21-9-3)14-10-11-16-12-13-17(15(16)18)22(4,5)6/h7-14H2,1-6H3. The summed E-state index contributed by atoms with van der Waals surface area (Å²) in [4.78, 5) is 14.4. The van der Waals surface area contributed by atoms with Crippen LogP contribution in [-0.4, -0.2) is 72.0 Å². The maximum atomic E-state index is 12.5. The Bertz CT molecular complexity index is 360. The van der Waals surface area contributed by atoms with Crippen molar-refractivity contribution in [2.24, 2.45) is 0 Å². The molecule has 1 saturated heterocycles. The van der Waals surface area contributed by atoms with E-state index in [-0.39, 0.29) is 6.03 Å². The summed E-state index contributed by atoms with van der Waals surface area (Å²) in [5, 5.41) is 0. The number of urea groups is 1. The minimum atomic E-state index is -2.59. The second kappa shape index (κ2) is 9.17. The van der Waals surface area contributed by atoms with Gasteiger partial charge < -0.3 is 22.7 Å². The maximum absolute atomic E-state index is 12.5. The van der Waals surface area contributed by atoms with Crippen LogP contribution >= 0.6 is 0 Å². The van der Waals surface area contributed by atoms with Gasteiger partial charge in [-0.2, -0.15) is 0 Å². The van der Waals surface area contributed by atoms with Gasteiger partial charge in [0.05, 0.1) is 0 Å². The molecule has 0 N–H and O–H groups in total. The number of hydrogen-bond acceptors (Lipinski definition) is 4. The fourth-order valence-corrected chi connectivity index (χ4v) is 6.98. The topological polar surface area (TPSA) is 51.2 Å². The van der Waals surface area contributed by atoms with Crippen LogP contribution in [0, 0.1) is 0 Å². The van der Waals surface area contributed by atoms with Gasteiger partial charge in [-0.15, -0.1) is 0 Å². The molecule has 136 valence electrons. The highest BCUT2D eigenvalue weighted by atomic mass is 28.4. The Morgan fingerprint density at radius 1 is 0.957 bits per heavy atom. The van der Waals surface area contributed by atoms with Gasteiger partial charge in [0.2, 0.25) is 0 Å². The number of hydrogen-bond donors (Lipinski definition) is 0. The maximum Gasteiger partial charge on any atom is 0.500 e. The number of amides is 2. The molecule has 0 aliphatic carbocycles. The lowest BCUT2D eigenvalue weighted by Gasteiger charge is -2.30. The van der Waals surface area contributed by atoms with Gasteiger partial charge in [0.1, 0.15) is 0 Å². The molecule has 8 heteroatoms. The Labute approximate surface area is 143 Å². The van der Waals surface area contributed by atoms with Crippen LogP contribution in [0.1, 0.15) is 27.2 Å². The molecule has 6 nitrogen and oxygen atoms in total. The monoisotopic (exact) mass is 362 g/mol. The first kappa shape index (κ1) is 20.6. The molecule has 0 spiro atoms. The predicted octanol–water partition coefficient (Wildman–Crippen LogP) is 3.00. The molecule has 23 heavy (non-hydrogen) atoms. The molecule has 1 rings (SSSR count). The third-order valence-electron chi connectivity index (χ3n) is 3.91. The first-order chi connectivity index (χ1) is 10.8. The minimum absolute atomic E-state index is 0.195. The second-order valence-electron chi connectivity index (χ2n) is 6.68. The van der Waals surface area contributed by atoms with Crippen molar-refractivity contribution in [2.75, 3.05) is 39.5 Å². The fraction of sp³-hybridized carbons (Fsp3) is 0.933. The molecule has 2 amide bonds. The number of carbonyl (C=O) groups excluding carboxylic acids is 1. The van der Waals surface area contributed by atoms with Gasteiger partial charge in [-0.3, -0.25) is 0 Å². The molecule has 1 fully saturated rings. The van der Waals surface area contributed by atoms with E-state index in [0.29, 0.717) is 19.8 Å². The Balaban J connectivity index is 2.55. The molecule has 0 radical (unpaired) electrons. The summed E-state index contributed by atoms with van der Waals surface area (Å²) in [6.07, 6.45) is 0.859. The van der Waals surface area contributed by atoms with Crippen LogP contribution < -0.4 is 0 Å². The molecule has 0 aromatic carbocycles. The van der Waals surface area contributed by atoms with Crippen molar-refractivity contribution in [3.63, 3.8) is 0 Å². The Morgan fingerprint density at radius 2 is 1.48 bits per heavy atom. The zero-order chi connectivity index (χ0) is 17.5. The van der Waals surface area contributed by atoms with Crippen LogP contribution in [0.4, 0.5) is 4.79 Å². The van der Waals surface area contributed by atoms with E-state index >= 15 is 0 Å². The van der Waals surface area contributed by atoms with Crippen LogP contribution in [0.5, 0.6) is 0 Å². The van der Waals surface area contributed by atoms with Crippen molar-refractivity contribution in [1.29, 1.82) is 0 Å². The summed E-state index contributed by atoms with van der Waals surface area (Å²) < 4.78 is 19.7. The summed E-state index contributed by atoms with van der Waals surface area (Å²) in [5.41, 5.74) is 0. The largest absolute Gasteiger partial charge is 0.500 e. The van der Waals surface area contributed by atoms with Gasteiger partial charge in [0, 0.05) is 45.5 Å². The molecule has 0 unspecified atom stereocenters. The molecule has 0 aromatic heterocycles. The lowest BCUT2D eigenvalue weighted by molar-refractivity contribution is 0.0702.